The van der Waals surface area contributed by atoms with E-state index in [4.69, 9.17) is 4.42 Å². The molecule has 7 heteroatoms. The quantitative estimate of drug-likeness (QED) is 0.723. The lowest BCUT2D eigenvalue weighted by atomic mass is 9.97. The molecule has 4 heterocycles. The summed E-state index contributed by atoms with van der Waals surface area (Å²) in [5.41, 5.74) is 1.72. The van der Waals surface area contributed by atoms with Gasteiger partial charge in [0, 0.05) is 29.4 Å². The Morgan fingerprint density at radius 3 is 2.87 bits per heavy atom. The fraction of sp³-hybridized carbons (Fsp3) is 0.312. The highest BCUT2D eigenvalue weighted by Gasteiger charge is 2.29. The van der Waals surface area contributed by atoms with Crippen LogP contribution in [-0.2, 0) is 0 Å². The van der Waals surface area contributed by atoms with Crippen LogP contribution in [0, 0.1) is 0 Å². The first-order chi connectivity index (χ1) is 11.3. The summed E-state index contributed by atoms with van der Waals surface area (Å²) in [6, 6.07) is 3.84. The average Bonchev–Trinajstić information content (AvgIpc) is 3.36. The third-order valence-electron chi connectivity index (χ3n) is 4.03. The third kappa shape index (κ3) is 2.94. The number of hydrogen-bond acceptors (Lipinski definition) is 6. The topological polar surface area (TPSA) is 59.2 Å². The first-order valence-corrected chi connectivity index (χ1v) is 9.37. The fourth-order valence-corrected chi connectivity index (χ4v) is 4.09. The molecule has 0 spiro atoms. The second-order valence-corrected chi connectivity index (χ2v) is 7.12. The highest BCUT2D eigenvalue weighted by molar-refractivity contribution is 7.08. The van der Waals surface area contributed by atoms with Gasteiger partial charge >= 0.3 is 0 Å². The van der Waals surface area contributed by atoms with Gasteiger partial charge in [-0.25, -0.2) is 0 Å². The van der Waals surface area contributed by atoms with Crippen molar-refractivity contribution >= 4 is 28.6 Å². The van der Waals surface area contributed by atoms with E-state index in [2.05, 4.69) is 10.2 Å². The Balaban J connectivity index is 1.50. The molecule has 1 amide bonds. The van der Waals surface area contributed by atoms with E-state index >= 15 is 0 Å². The number of rotatable bonds is 3. The molecule has 118 valence electrons. The van der Waals surface area contributed by atoms with Crippen molar-refractivity contribution in [2.24, 2.45) is 0 Å². The van der Waals surface area contributed by atoms with Crippen molar-refractivity contribution in [2.45, 2.75) is 18.8 Å². The largest absolute Gasteiger partial charge is 0.420 e. The Kier molecular flexibility index (Phi) is 3.97. The van der Waals surface area contributed by atoms with Gasteiger partial charge in [0.1, 0.15) is 0 Å². The van der Waals surface area contributed by atoms with E-state index in [9.17, 15) is 4.79 Å². The molecule has 1 aliphatic rings. The first kappa shape index (κ1) is 14.6. The average molecular weight is 345 g/mol. The van der Waals surface area contributed by atoms with Crippen LogP contribution in [-0.4, -0.2) is 34.1 Å². The molecule has 1 fully saturated rings. The molecule has 5 nitrogen and oxygen atoms in total. The molecular weight excluding hydrogens is 330 g/mol. The van der Waals surface area contributed by atoms with Crippen molar-refractivity contribution in [1.82, 2.24) is 15.1 Å². The van der Waals surface area contributed by atoms with Gasteiger partial charge in [0.2, 0.25) is 11.8 Å². The molecule has 0 aliphatic carbocycles. The number of carbonyl (C=O) groups excluding carboxylic acids is 1. The number of aromatic nitrogens is 2. The molecule has 4 rings (SSSR count). The first-order valence-electron chi connectivity index (χ1n) is 7.48. The molecule has 0 saturated carbocycles. The standard InChI is InChI=1S/C16H15N3O2S2/c20-16(13-4-7-23-10-13)19-5-1-2-11(8-19)14-17-18-15(21-14)12-3-6-22-9-12/h3-4,6-7,9-11H,1-2,5,8H2/t11-/m1/s1. The van der Waals surface area contributed by atoms with E-state index < -0.39 is 0 Å². The number of thiophene rings is 2. The van der Waals surface area contributed by atoms with Gasteiger partial charge in [0.05, 0.1) is 11.5 Å². The van der Waals surface area contributed by atoms with Crippen LogP contribution < -0.4 is 0 Å². The van der Waals surface area contributed by atoms with Crippen LogP contribution in [0.2, 0.25) is 0 Å². The van der Waals surface area contributed by atoms with Gasteiger partial charge in [-0.05, 0) is 35.7 Å². The number of nitrogens with zero attached hydrogens (tertiary/aromatic N) is 3. The zero-order valence-corrected chi connectivity index (χ0v) is 14.0. The number of likely N-dealkylation sites (tertiary alicyclic amines) is 1. The maximum Gasteiger partial charge on any atom is 0.254 e. The highest BCUT2D eigenvalue weighted by atomic mass is 32.1. The van der Waals surface area contributed by atoms with E-state index in [1.165, 1.54) is 0 Å². The molecule has 0 unspecified atom stereocenters. The molecule has 1 atom stereocenters. The molecule has 23 heavy (non-hydrogen) atoms. The smallest absolute Gasteiger partial charge is 0.254 e. The summed E-state index contributed by atoms with van der Waals surface area (Å²) in [7, 11) is 0. The van der Waals surface area contributed by atoms with E-state index in [0.717, 1.165) is 30.5 Å². The predicted octanol–water partition coefficient (Wildman–Crippen LogP) is 3.88. The molecule has 0 aromatic carbocycles. The van der Waals surface area contributed by atoms with Crippen molar-refractivity contribution < 1.29 is 9.21 Å². The van der Waals surface area contributed by atoms with Gasteiger partial charge in [-0.1, -0.05) is 0 Å². The second kappa shape index (κ2) is 6.25. The van der Waals surface area contributed by atoms with Gasteiger partial charge in [-0.2, -0.15) is 22.7 Å². The molecule has 0 radical (unpaired) electrons. The molecule has 1 saturated heterocycles. The van der Waals surface area contributed by atoms with Crippen molar-refractivity contribution in [3.63, 3.8) is 0 Å². The summed E-state index contributed by atoms with van der Waals surface area (Å²) in [5, 5.41) is 16.2. The highest BCUT2D eigenvalue weighted by Crippen LogP contribution is 2.29. The molecule has 1 aliphatic heterocycles. The Bertz CT molecular complexity index is 780. The van der Waals surface area contributed by atoms with Gasteiger partial charge in [0.15, 0.2) is 0 Å². The van der Waals surface area contributed by atoms with E-state index in [-0.39, 0.29) is 11.8 Å². The van der Waals surface area contributed by atoms with Crippen molar-refractivity contribution in [2.75, 3.05) is 13.1 Å². The maximum absolute atomic E-state index is 12.5. The van der Waals surface area contributed by atoms with Crippen molar-refractivity contribution in [3.05, 3.63) is 45.1 Å². The van der Waals surface area contributed by atoms with Crippen LogP contribution >= 0.6 is 22.7 Å². The van der Waals surface area contributed by atoms with Crippen LogP contribution in [0.25, 0.3) is 11.5 Å². The van der Waals surface area contributed by atoms with Gasteiger partial charge in [-0.15, -0.1) is 10.2 Å². The number of piperidine rings is 1. The van der Waals surface area contributed by atoms with Crippen LogP contribution in [0.4, 0.5) is 0 Å². The van der Waals surface area contributed by atoms with Gasteiger partial charge < -0.3 is 9.32 Å². The summed E-state index contributed by atoms with van der Waals surface area (Å²) in [4.78, 5) is 14.4. The lowest BCUT2D eigenvalue weighted by molar-refractivity contribution is 0.0699. The maximum atomic E-state index is 12.5. The summed E-state index contributed by atoms with van der Waals surface area (Å²) in [5.74, 6) is 1.40. The van der Waals surface area contributed by atoms with Gasteiger partial charge in [0.25, 0.3) is 5.91 Å². The third-order valence-corrected chi connectivity index (χ3v) is 5.40. The summed E-state index contributed by atoms with van der Waals surface area (Å²) in [6.45, 7) is 1.43. The zero-order valence-electron chi connectivity index (χ0n) is 12.3. The van der Waals surface area contributed by atoms with E-state index in [1.807, 2.05) is 38.6 Å². The Hall–Kier alpha value is -1.99. The molecule has 0 bridgehead atoms. The van der Waals surface area contributed by atoms with Gasteiger partial charge in [-0.3, -0.25) is 4.79 Å². The Morgan fingerprint density at radius 2 is 2.09 bits per heavy atom. The minimum absolute atomic E-state index is 0.0912. The van der Waals surface area contributed by atoms with Crippen LogP contribution in [0.3, 0.4) is 0 Å². The minimum Gasteiger partial charge on any atom is -0.420 e. The van der Waals surface area contributed by atoms with Crippen molar-refractivity contribution in [1.29, 1.82) is 0 Å². The summed E-state index contributed by atoms with van der Waals surface area (Å²) < 4.78 is 5.83. The normalized spacial score (nSPS) is 18.3. The summed E-state index contributed by atoms with van der Waals surface area (Å²) in [6.07, 6.45) is 1.93. The van der Waals surface area contributed by atoms with E-state index in [0.29, 0.717) is 18.3 Å². The molecule has 3 aromatic rings. The number of amides is 1. The second-order valence-electron chi connectivity index (χ2n) is 5.56. The number of carbonyl (C=O) groups is 1. The molecule has 0 N–H and O–H groups in total. The Morgan fingerprint density at radius 1 is 1.22 bits per heavy atom. The van der Waals surface area contributed by atoms with Crippen molar-refractivity contribution in [3.8, 4) is 11.5 Å². The monoisotopic (exact) mass is 345 g/mol. The summed E-state index contributed by atoms with van der Waals surface area (Å²) >= 11 is 3.15. The Labute approximate surface area is 141 Å². The SMILES string of the molecule is O=C(c1ccsc1)N1CCC[C@@H](c2nnc(-c3ccsc3)o2)C1. The van der Waals surface area contributed by atoms with E-state index in [1.54, 1.807) is 22.7 Å². The molecular formula is C16H15N3O2S2. The number of hydrogen-bond donors (Lipinski definition) is 0. The van der Waals surface area contributed by atoms with Crippen LogP contribution in [0.1, 0.15) is 35.0 Å². The molecule has 3 aromatic heterocycles. The minimum atomic E-state index is 0.0912. The lowest BCUT2D eigenvalue weighted by Gasteiger charge is -2.30. The van der Waals surface area contributed by atoms with Crippen LogP contribution in [0.5, 0.6) is 0 Å². The lowest BCUT2D eigenvalue weighted by Crippen LogP contribution is -2.39. The van der Waals surface area contributed by atoms with Crippen LogP contribution in [0.15, 0.2) is 38.1 Å². The zero-order chi connectivity index (χ0) is 15.6. The fourth-order valence-electron chi connectivity index (χ4n) is 2.83. The predicted molar refractivity (Wildman–Crippen MR) is 89.8 cm³/mol.